The molecule has 0 radical (unpaired) electrons. The fourth-order valence-corrected chi connectivity index (χ4v) is 2.70. The average Bonchev–Trinajstić information content (AvgIpc) is 2.52. The highest BCUT2D eigenvalue weighted by molar-refractivity contribution is 7.98. The van der Waals surface area contributed by atoms with E-state index in [0.29, 0.717) is 18.7 Å². The molecule has 0 heterocycles. The van der Waals surface area contributed by atoms with Gasteiger partial charge in [0, 0.05) is 12.2 Å². The van der Waals surface area contributed by atoms with E-state index in [0.717, 1.165) is 5.69 Å². The van der Waals surface area contributed by atoms with Crippen LogP contribution in [0.5, 0.6) is 0 Å². The van der Waals surface area contributed by atoms with E-state index in [1.165, 1.54) is 0 Å². The fourth-order valence-electron chi connectivity index (χ4n) is 2.23. The average molecular weight is 324 g/mol. The Hall–Kier alpha value is -1.69. The summed E-state index contributed by atoms with van der Waals surface area (Å²) in [6, 6.07) is 8.37. The van der Waals surface area contributed by atoms with E-state index >= 15 is 0 Å². The van der Waals surface area contributed by atoms with Crippen LogP contribution in [0.4, 0.5) is 5.69 Å². The lowest BCUT2D eigenvalue weighted by Crippen LogP contribution is -2.50. The van der Waals surface area contributed by atoms with Gasteiger partial charge >= 0.3 is 5.97 Å². The lowest BCUT2D eigenvalue weighted by Gasteiger charge is -2.30. The maximum absolute atomic E-state index is 12.4. The Labute approximate surface area is 136 Å². The van der Waals surface area contributed by atoms with Crippen LogP contribution in [-0.2, 0) is 9.59 Å². The number of likely N-dealkylation sites (N-methyl/N-ethyl adjacent to an activating group) is 1. The summed E-state index contributed by atoms with van der Waals surface area (Å²) in [7, 11) is 0. The Balaban J connectivity index is 2.75. The number of thioether (sulfide) groups is 1. The van der Waals surface area contributed by atoms with Crippen molar-refractivity contribution >= 4 is 29.3 Å². The van der Waals surface area contributed by atoms with Gasteiger partial charge in [0.2, 0.25) is 5.91 Å². The quantitative estimate of drug-likeness (QED) is 0.729. The van der Waals surface area contributed by atoms with Crippen LogP contribution in [0.15, 0.2) is 30.3 Å². The zero-order chi connectivity index (χ0) is 16.5. The summed E-state index contributed by atoms with van der Waals surface area (Å²) < 4.78 is 0. The van der Waals surface area contributed by atoms with Crippen molar-refractivity contribution in [2.24, 2.45) is 0 Å². The molecule has 2 unspecified atom stereocenters. The molecule has 1 amide bonds. The molecule has 0 aliphatic carbocycles. The minimum Gasteiger partial charge on any atom is -0.480 e. The van der Waals surface area contributed by atoms with Gasteiger partial charge in [0.05, 0.1) is 0 Å². The van der Waals surface area contributed by atoms with Gasteiger partial charge in [-0.25, -0.2) is 4.79 Å². The summed E-state index contributed by atoms with van der Waals surface area (Å²) in [5.41, 5.74) is 0.948. The van der Waals surface area contributed by atoms with Gasteiger partial charge in [0.25, 0.3) is 0 Å². The number of amides is 1. The van der Waals surface area contributed by atoms with E-state index in [-0.39, 0.29) is 5.91 Å². The van der Waals surface area contributed by atoms with Gasteiger partial charge in [0.1, 0.15) is 12.1 Å². The second-order valence-electron chi connectivity index (χ2n) is 4.98. The molecule has 2 N–H and O–H groups in total. The number of carbonyl (C=O) groups excluding carboxylic acids is 1. The van der Waals surface area contributed by atoms with Crippen molar-refractivity contribution < 1.29 is 14.7 Å². The second kappa shape index (κ2) is 9.35. The first-order valence-corrected chi connectivity index (χ1v) is 8.74. The summed E-state index contributed by atoms with van der Waals surface area (Å²) in [6.45, 7) is 4.43. The third kappa shape index (κ3) is 5.26. The first-order chi connectivity index (χ1) is 10.5. The Morgan fingerprint density at radius 1 is 1.32 bits per heavy atom. The number of anilines is 1. The number of nitrogens with zero attached hydrogens (tertiary/aromatic N) is 1. The SMILES string of the molecule is CCN(c1ccccc1)C(C)C(=O)NC(CCSC)C(=O)O. The topological polar surface area (TPSA) is 69.6 Å². The molecular formula is C16H24N2O3S. The monoisotopic (exact) mass is 324 g/mol. The van der Waals surface area contributed by atoms with Crippen molar-refractivity contribution in [3.05, 3.63) is 30.3 Å². The highest BCUT2D eigenvalue weighted by Crippen LogP contribution is 2.16. The number of hydrogen-bond acceptors (Lipinski definition) is 4. The molecule has 1 rings (SSSR count). The predicted molar refractivity (Wildman–Crippen MR) is 91.5 cm³/mol. The zero-order valence-corrected chi connectivity index (χ0v) is 14.1. The predicted octanol–water partition coefficient (Wildman–Crippen LogP) is 2.22. The Morgan fingerprint density at radius 3 is 2.45 bits per heavy atom. The molecule has 2 atom stereocenters. The normalized spacial score (nSPS) is 13.2. The van der Waals surface area contributed by atoms with E-state index in [4.69, 9.17) is 0 Å². The van der Waals surface area contributed by atoms with Crippen molar-refractivity contribution in [3.63, 3.8) is 0 Å². The van der Waals surface area contributed by atoms with Crippen LogP contribution < -0.4 is 10.2 Å². The molecular weight excluding hydrogens is 300 g/mol. The third-order valence-electron chi connectivity index (χ3n) is 3.50. The summed E-state index contributed by atoms with van der Waals surface area (Å²) in [5, 5.41) is 11.8. The Kier molecular flexibility index (Phi) is 7.80. The summed E-state index contributed by atoms with van der Waals surface area (Å²) in [5.74, 6) is -0.557. The molecule has 0 aliphatic rings. The van der Waals surface area contributed by atoms with Crippen molar-refractivity contribution in [2.75, 3.05) is 23.5 Å². The minimum absolute atomic E-state index is 0.265. The fraction of sp³-hybridized carbons (Fsp3) is 0.500. The van der Waals surface area contributed by atoms with Crippen LogP contribution in [0.3, 0.4) is 0 Å². The summed E-state index contributed by atoms with van der Waals surface area (Å²) in [4.78, 5) is 25.6. The number of rotatable bonds is 9. The van der Waals surface area contributed by atoms with Crippen LogP contribution in [0.2, 0.25) is 0 Å². The van der Waals surface area contributed by atoms with Crippen LogP contribution >= 0.6 is 11.8 Å². The highest BCUT2D eigenvalue weighted by atomic mass is 32.2. The molecule has 1 aromatic rings. The second-order valence-corrected chi connectivity index (χ2v) is 5.96. The van der Waals surface area contributed by atoms with Gasteiger partial charge in [-0.3, -0.25) is 4.79 Å². The number of aliphatic carboxylic acids is 1. The van der Waals surface area contributed by atoms with Crippen molar-refractivity contribution in [3.8, 4) is 0 Å². The molecule has 22 heavy (non-hydrogen) atoms. The molecule has 5 nitrogen and oxygen atoms in total. The van der Waals surface area contributed by atoms with E-state index in [1.54, 1.807) is 18.7 Å². The molecule has 0 saturated heterocycles. The summed E-state index contributed by atoms with van der Waals surface area (Å²) >= 11 is 1.57. The standard InChI is InChI=1S/C16H24N2O3S/c1-4-18(13-8-6-5-7-9-13)12(2)15(19)17-14(16(20)21)10-11-22-3/h5-9,12,14H,4,10-11H2,1-3H3,(H,17,19)(H,20,21). The lowest BCUT2D eigenvalue weighted by atomic mass is 10.1. The van der Waals surface area contributed by atoms with Gasteiger partial charge in [-0.2, -0.15) is 11.8 Å². The van der Waals surface area contributed by atoms with Gasteiger partial charge in [-0.1, -0.05) is 18.2 Å². The van der Waals surface area contributed by atoms with E-state index in [1.807, 2.05) is 48.4 Å². The molecule has 0 fully saturated rings. The molecule has 0 aliphatic heterocycles. The molecule has 0 aromatic heterocycles. The first kappa shape index (κ1) is 18.4. The van der Waals surface area contributed by atoms with Crippen molar-refractivity contribution in [2.45, 2.75) is 32.4 Å². The van der Waals surface area contributed by atoms with Gasteiger partial charge in [-0.15, -0.1) is 0 Å². The van der Waals surface area contributed by atoms with Crippen LogP contribution in [-0.4, -0.2) is 47.6 Å². The Morgan fingerprint density at radius 2 is 1.95 bits per heavy atom. The molecule has 0 saturated carbocycles. The smallest absolute Gasteiger partial charge is 0.326 e. The lowest BCUT2D eigenvalue weighted by molar-refractivity contribution is -0.142. The maximum atomic E-state index is 12.4. The van der Waals surface area contributed by atoms with Crippen LogP contribution in [0.1, 0.15) is 20.3 Å². The van der Waals surface area contributed by atoms with Gasteiger partial charge in [0.15, 0.2) is 0 Å². The number of nitrogens with one attached hydrogen (secondary N) is 1. The largest absolute Gasteiger partial charge is 0.480 e. The van der Waals surface area contributed by atoms with E-state index in [2.05, 4.69) is 5.32 Å². The Bertz CT molecular complexity index is 482. The highest BCUT2D eigenvalue weighted by Gasteiger charge is 2.25. The number of carboxylic acid groups (broad SMARTS) is 1. The van der Waals surface area contributed by atoms with Crippen molar-refractivity contribution in [1.82, 2.24) is 5.32 Å². The third-order valence-corrected chi connectivity index (χ3v) is 4.14. The van der Waals surface area contributed by atoms with Gasteiger partial charge < -0.3 is 15.3 Å². The molecule has 122 valence electrons. The van der Waals surface area contributed by atoms with Crippen LogP contribution in [0, 0.1) is 0 Å². The van der Waals surface area contributed by atoms with Crippen LogP contribution in [0.25, 0.3) is 0 Å². The molecule has 6 heteroatoms. The number of carbonyl (C=O) groups is 2. The number of benzene rings is 1. The van der Waals surface area contributed by atoms with E-state index in [9.17, 15) is 14.7 Å². The first-order valence-electron chi connectivity index (χ1n) is 7.35. The minimum atomic E-state index is -0.989. The zero-order valence-electron chi connectivity index (χ0n) is 13.3. The number of carboxylic acids is 1. The van der Waals surface area contributed by atoms with Gasteiger partial charge in [-0.05, 0) is 44.4 Å². The van der Waals surface area contributed by atoms with Crippen molar-refractivity contribution in [1.29, 1.82) is 0 Å². The molecule has 0 bridgehead atoms. The molecule has 1 aromatic carbocycles. The number of hydrogen-bond donors (Lipinski definition) is 2. The number of para-hydroxylation sites is 1. The molecule has 0 spiro atoms. The maximum Gasteiger partial charge on any atom is 0.326 e. The van der Waals surface area contributed by atoms with E-state index < -0.39 is 18.1 Å². The summed E-state index contributed by atoms with van der Waals surface area (Å²) in [6.07, 6.45) is 2.34.